The molecule has 0 aliphatic carbocycles. The maximum Gasteiger partial charge on any atom is 0.345 e. The van der Waals surface area contributed by atoms with Crippen LogP contribution >= 0.6 is 0 Å². The van der Waals surface area contributed by atoms with Gasteiger partial charge in [0.2, 0.25) is 0 Å². The van der Waals surface area contributed by atoms with E-state index in [2.05, 4.69) is 10.00 Å². The maximum absolute atomic E-state index is 12.7. The quantitative estimate of drug-likeness (QED) is 0.731. The van der Waals surface area contributed by atoms with Crippen molar-refractivity contribution in [3.63, 3.8) is 0 Å². The molecule has 0 bridgehead atoms. The molecule has 1 fully saturated rings. The average Bonchev–Trinajstić information content (AvgIpc) is 3.09. The molecule has 1 saturated heterocycles. The number of nitrogens with zero attached hydrogens (tertiary/aromatic N) is 5. The van der Waals surface area contributed by atoms with Crippen LogP contribution in [0.4, 0.5) is 0 Å². The lowest BCUT2D eigenvalue weighted by Gasteiger charge is -2.34. The van der Waals surface area contributed by atoms with Crippen molar-refractivity contribution in [2.75, 3.05) is 39.8 Å². The third-order valence-electron chi connectivity index (χ3n) is 5.85. The summed E-state index contributed by atoms with van der Waals surface area (Å²) in [6.07, 6.45) is 3.98. The second-order valence-electron chi connectivity index (χ2n) is 7.75. The molecular weight excluding hydrogens is 370 g/mol. The summed E-state index contributed by atoms with van der Waals surface area (Å²) in [6.45, 7) is 5.51. The summed E-state index contributed by atoms with van der Waals surface area (Å²) in [7, 11) is 1.61. The topological polar surface area (TPSA) is 72.6 Å². The number of fused-ring (bicyclic) bond motifs is 1. The first-order valence-electron chi connectivity index (χ1n) is 10.5. The van der Waals surface area contributed by atoms with Crippen LogP contribution in [-0.2, 0) is 19.5 Å². The van der Waals surface area contributed by atoms with Gasteiger partial charge in [-0.1, -0.05) is 6.07 Å². The van der Waals surface area contributed by atoms with Crippen molar-refractivity contribution in [2.45, 2.75) is 38.8 Å². The monoisotopic (exact) mass is 399 g/mol. The van der Waals surface area contributed by atoms with Gasteiger partial charge in [0.05, 0.1) is 7.11 Å². The molecule has 2 aliphatic rings. The number of benzene rings is 1. The van der Waals surface area contributed by atoms with Crippen molar-refractivity contribution in [2.24, 2.45) is 0 Å². The maximum atomic E-state index is 12.7. The first kappa shape index (κ1) is 19.7. The van der Waals surface area contributed by atoms with E-state index in [9.17, 15) is 9.59 Å². The Bertz CT molecular complexity index is 911. The van der Waals surface area contributed by atoms with E-state index < -0.39 is 0 Å². The second kappa shape index (κ2) is 8.82. The molecular formula is C21H29N5O3. The molecule has 2 aromatic rings. The molecule has 156 valence electrons. The Morgan fingerprint density at radius 2 is 1.93 bits per heavy atom. The minimum Gasteiger partial charge on any atom is -0.497 e. The van der Waals surface area contributed by atoms with Crippen LogP contribution in [-0.4, -0.2) is 69.9 Å². The standard InChI is InChI=1S/C21H29N5O3/c1-29-18-7-4-6-17(16-18)20(27)24-14-12-23(13-15-24)9-5-11-26-21(28)25-10-3-2-8-19(25)22-26/h4,6-7,16H,2-3,5,8-15H2,1H3. The van der Waals surface area contributed by atoms with Gasteiger partial charge in [-0.2, -0.15) is 5.10 Å². The van der Waals surface area contributed by atoms with E-state index in [-0.39, 0.29) is 11.6 Å². The molecule has 4 rings (SSSR count). The molecule has 1 amide bonds. The number of carbonyl (C=O) groups excluding carboxylic acids is 1. The Kier molecular flexibility index (Phi) is 5.99. The van der Waals surface area contributed by atoms with E-state index in [1.165, 1.54) is 0 Å². The predicted octanol–water partition coefficient (Wildman–Crippen LogP) is 1.24. The SMILES string of the molecule is COc1cccc(C(=O)N2CCN(CCCn3nc4n(c3=O)CCCC4)CC2)c1. The summed E-state index contributed by atoms with van der Waals surface area (Å²) in [6, 6.07) is 7.31. The lowest BCUT2D eigenvalue weighted by molar-refractivity contribution is 0.0634. The van der Waals surface area contributed by atoms with Crippen LogP contribution in [0.5, 0.6) is 5.75 Å². The Morgan fingerprint density at radius 1 is 1.10 bits per heavy atom. The lowest BCUT2D eigenvalue weighted by Crippen LogP contribution is -2.49. The fourth-order valence-electron chi connectivity index (χ4n) is 4.15. The molecule has 0 spiro atoms. The summed E-state index contributed by atoms with van der Waals surface area (Å²) >= 11 is 0. The highest BCUT2D eigenvalue weighted by Gasteiger charge is 2.22. The zero-order chi connectivity index (χ0) is 20.2. The first-order valence-corrected chi connectivity index (χ1v) is 10.5. The van der Waals surface area contributed by atoms with Crippen LogP contribution in [0.25, 0.3) is 0 Å². The van der Waals surface area contributed by atoms with Gasteiger partial charge in [0.25, 0.3) is 5.91 Å². The van der Waals surface area contributed by atoms with Crippen LogP contribution in [0.2, 0.25) is 0 Å². The normalized spacial score (nSPS) is 17.2. The van der Waals surface area contributed by atoms with Gasteiger partial charge in [-0.15, -0.1) is 0 Å². The number of aryl methyl sites for hydroxylation is 2. The highest BCUT2D eigenvalue weighted by atomic mass is 16.5. The summed E-state index contributed by atoms with van der Waals surface area (Å²) < 4.78 is 8.67. The predicted molar refractivity (Wildman–Crippen MR) is 109 cm³/mol. The summed E-state index contributed by atoms with van der Waals surface area (Å²) in [5.41, 5.74) is 0.703. The van der Waals surface area contributed by atoms with E-state index in [1.54, 1.807) is 17.9 Å². The Labute approximate surface area is 170 Å². The molecule has 8 heteroatoms. The molecule has 0 unspecified atom stereocenters. The van der Waals surface area contributed by atoms with Crippen molar-refractivity contribution in [3.8, 4) is 5.75 Å². The Morgan fingerprint density at radius 3 is 2.69 bits per heavy atom. The summed E-state index contributed by atoms with van der Waals surface area (Å²) in [4.78, 5) is 29.4. The molecule has 1 aromatic carbocycles. The van der Waals surface area contributed by atoms with Gasteiger partial charge < -0.3 is 9.64 Å². The first-order chi connectivity index (χ1) is 14.2. The molecule has 29 heavy (non-hydrogen) atoms. The molecule has 0 saturated carbocycles. The van der Waals surface area contributed by atoms with Gasteiger partial charge in [-0.05, 0) is 37.5 Å². The average molecular weight is 399 g/mol. The summed E-state index contributed by atoms with van der Waals surface area (Å²) in [5.74, 6) is 1.69. The van der Waals surface area contributed by atoms with Gasteiger partial charge >= 0.3 is 5.69 Å². The molecule has 0 N–H and O–H groups in total. The number of amides is 1. The highest BCUT2D eigenvalue weighted by molar-refractivity contribution is 5.94. The zero-order valence-corrected chi connectivity index (χ0v) is 17.0. The molecule has 3 heterocycles. The Balaban J connectivity index is 1.24. The fraction of sp³-hybridized carbons (Fsp3) is 0.571. The van der Waals surface area contributed by atoms with E-state index in [4.69, 9.17) is 4.74 Å². The number of methoxy groups -OCH3 is 1. The largest absolute Gasteiger partial charge is 0.497 e. The third-order valence-corrected chi connectivity index (χ3v) is 5.85. The van der Waals surface area contributed by atoms with Crippen LogP contribution in [0, 0.1) is 0 Å². The van der Waals surface area contributed by atoms with Crippen molar-refractivity contribution in [1.82, 2.24) is 24.1 Å². The highest BCUT2D eigenvalue weighted by Crippen LogP contribution is 2.16. The Hall–Kier alpha value is -2.61. The van der Waals surface area contributed by atoms with Gasteiger partial charge in [-0.3, -0.25) is 14.3 Å². The molecule has 2 aliphatic heterocycles. The van der Waals surface area contributed by atoms with Crippen LogP contribution in [0.3, 0.4) is 0 Å². The number of piperazine rings is 1. The van der Waals surface area contributed by atoms with E-state index in [0.29, 0.717) is 17.9 Å². The van der Waals surface area contributed by atoms with E-state index in [0.717, 1.165) is 70.8 Å². The second-order valence-corrected chi connectivity index (χ2v) is 7.75. The molecule has 1 aromatic heterocycles. The smallest absolute Gasteiger partial charge is 0.345 e. The number of rotatable bonds is 6. The van der Waals surface area contributed by atoms with Crippen molar-refractivity contribution >= 4 is 5.91 Å². The van der Waals surface area contributed by atoms with Crippen LogP contribution in [0.15, 0.2) is 29.1 Å². The summed E-state index contributed by atoms with van der Waals surface area (Å²) in [5, 5.41) is 4.50. The van der Waals surface area contributed by atoms with Crippen molar-refractivity contribution < 1.29 is 9.53 Å². The molecule has 8 nitrogen and oxygen atoms in total. The van der Waals surface area contributed by atoms with Gasteiger partial charge in [0, 0.05) is 57.8 Å². The van der Waals surface area contributed by atoms with E-state index in [1.807, 2.05) is 27.7 Å². The number of hydrogen-bond donors (Lipinski definition) is 0. The molecule has 0 atom stereocenters. The third kappa shape index (κ3) is 4.37. The van der Waals surface area contributed by atoms with Gasteiger partial charge in [-0.25, -0.2) is 9.48 Å². The van der Waals surface area contributed by atoms with Crippen molar-refractivity contribution in [1.29, 1.82) is 0 Å². The van der Waals surface area contributed by atoms with E-state index >= 15 is 0 Å². The number of hydrogen-bond acceptors (Lipinski definition) is 5. The zero-order valence-electron chi connectivity index (χ0n) is 17.0. The van der Waals surface area contributed by atoms with Gasteiger partial charge in [0.1, 0.15) is 11.6 Å². The lowest BCUT2D eigenvalue weighted by atomic mass is 10.1. The number of ether oxygens (including phenoxy) is 1. The van der Waals surface area contributed by atoms with Gasteiger partial charge in [0.15, 0.2) is 0 Å². The number of aromatic nitrogens is 3. The van der Waals surface area contributed by atoms with Crippen molar-refractivity contribution in [3.05, 3.63) is 46.1 Å². The minimum atomic E-state index is 0.0356. The van der Waals surface area contributed by atoms with Crippen LogP contribution in [0.1, 0.15) is 35.4 Å². The van der Waals surface area contributed by atoms with Crippen LogP contribution < -0.4 is 10.4 Å². The number of carbonyl (C=O) groups is 1. The fourth-order valence-corrected chi connectivity index (χ4v) is 4.15. The minimum absolute atomic E-state index is 0.0356. The molecule has 0 radical (unpaired) electrons.